The Bertz CT molecular complexity index is 358. The van der Waals surface area contributed by atoms with Gasteiger partial charge in [-0.3, -0.25) is 4.79 Å². The van der Waals surface area contributed by atoms with Crippen LogP contribution in [-0.2, 0) is 4.79 Å². The second-order valence-electron chi connectivity index (χ2n) is 3.02. The molecule has 0 N–H and O–H groups in total. The van der Waals surface area contributed by atoms with E-state index in [0.29, 0.717) is 12.5 Å². The first-order valence-electron chi connectivity index (χ1n) is 3.78. The van der Waals surface area contributed by atoms with Gasteiger partial charge in [0.15, 0.2) is 11.5 Å². The van der Waals surface area contributed by atoms with Gasteiger partial charge >= 0.3 is 6.03 Å². The van der Waals surface area contributed by atoms with E-state index in [1.807, 2.05) is 0 Å². The van der Waals surface area contributed by atoms with Crippen molar-refractivity contribution in [2.24, 2.45) is 9.98 Å². The van der Waals surface area contributed by atoms with Gasteiger partial charge in [0, 0.05) is 14.1 Å². The molecule has 1 fully saturated rings. The van der Waals surface area contributed by atoms with Crippen molar-refractivity contribution in [1.29, 1.82) is 0 Å². The number of fused-ring (bicyclic) bond motifs is 1. The quantitative estimate of drug-likeness (QED) is 0.496. The van der Waals surface area contributed by atoms with Gasteiger partial charge < -0.3 is 9.80 Å². The van der Waals surface area contributed by atoms with Crippen LogP contribution in [0.3, 0.4) is 0 Å². The predicted octanol–water partition coefficient (Wildman–Crippen LogP) is -0.679. The standard InChI is InChI=1S/C7H8N4O2/c1-10-3-11(2)6(12)4-5(10)9-7(13)8-4/h3H2,1-2H3. The number of rotatable bonds is 0. The van der Waals surface area contributed by atoms with Crippen molar-refractivity contribution in [3.8, 4) is 0 Å². The number of amides is 3. The molecule has 2 rings (SSSR count). The van der Waals surface area contributed by atoms with E-state index in [9.17, 15) is 9.59 Å². The molecular weight excluding hydrogens is 172 g/mol. The second-order valence-corrected chi connectivity index (χ2v) is 3.02. The predicted molar refractivity (Wildman–Crippen MR) is 45.7 cm³/mol. The second kappa shape index (κ2) is 2.38. The molecule has 0 aliphatic carbocycles. The SMILES string of the molecule is CN1CN(C)C2=NC(=O)N=C2C1=O. The molecule has 0 unspecified atom stereocenters. The first-order valence-corrected chi connectivity index (χ1v) is 3.78. The van der Waals surface area contributed by atoms with Crippen LogP contribution in [0, 0.1) is 0 Å². The number of nitrogens with zero attached hydrogens (tertiary/aromatic N) is 4. The lowest BCUT2D eigenvalue weighted by atomic mass is 10.2. The monoisotopic (exact) mass is 180 g/mol. The van der Waals surface area contributed by atoms with E-state index in [0.717, 1.165) is 0 Å². The van der Waals surface area contributed by atoms with Crippen LogP contribution in [0.15, 0.2) is 9.98 Å². The van der Waals surface area contributed by atoms with Crippen LogP contribution in [0.5, 0.6) is 0 Å². The summed E-state index contributed by atoms with van der Waals surface area (Å²) < 4.78 is 0. The third-order valence-corrected chi connectivity index (χ3v) is 1.96. The molecule has 2 heterocycles. The lowest BCUT2D eigenvalue weighted by molar-refractivity contribution is -0.124. The summed E-state index contributed by atoms with van der Waals surface area (Å²) >= 11 is 0. The largest absolute Gasteiger partial charge is 0.369 e. The van der Waals surface area contributed by atoms with Crippen molar-refractivity contribution in [2.45, 2.75) is 0 Å². The number of carbonyl (C=O) groups is 2. The molecule has 0 aromatic rings. The summed E-state index contributed by atoms with van der Waals surface area (Å²) in [4.78, 5) is 32.6. The van der Waals surface area contributed by atoms with Crippen LogP contribution < -0.4 is 0 Å². The first-order chi connectivity index (χ1) is 6.09. The van der Waals surface area contributed by atoms with Gasteiger partial charge in [-0.15, -0.1) is 0 Å². The van der Waals surface area contributed by atoms with E-state index in [1.165, 1.54) is 4.90 Å². The molecule has 68 valence electrons. The van der Waals surface area contributed by atoms with Crippen molar-refractivity contribution < 1.29 is 9.59 Å². The average Bonchev–Trinajstić information content (AvgIpc) is 2.44. The van der Waals surface area contributed by atoms with Gasteiger partial charge in [-0.25, -0.2) is 4.79 Å². The Balaban J connectivity index is 2.45. The molecule has 6 nitrogen and oxygen atoms in total. The Kier molecular flexibility index (Phi) is 1.45. The van der Waals surface area contributed by atoms with E-state index in [4.69, 9.17) is 0 Å². The van der Waals surface area contributed by atoms with Gasteiger partial charge in [0.05, 0.1) is 6.67 Å². The molecule has 6 heteroatoms. The lowest BCUT2D eigenvalue weighted by Gasteiger charge is -2.31. The van der Waals surface area contributed by atoms with Gasteiger partial charge in [0.1, 0.15) is 0 Å². The zero-order valence-corrected chi connectivity index (χ0v) is 7.31. The molecule has 0 aromatic heterocycles. The molecule has 1 saturated heterocycles. The van der Waals surface area contributed by atoms with E-state index < -0.39 is 6.03 Å². The van der Waals surface area contributed by atoms with Crippen LogP contribution >= 0.6 is 0 Å². The minimum atomic E-state index is -0.597. The molecule has 2 aliphatic heterocycles. The Labute approximate surface area is 74.6 Å². The number of hydrogen-bond acceptors (Lipinski definition) is 3. The zero-order valence-electron chi connectivity index (χ0n) is 7.31. The van der Waals surface area contributed by atoms with Crippen LogP contribution in [0.1, 0.15) is 0 Å². The number of aliphatic imine (C=N–C) groups is 2. The summed E-state index contributed by atoms with van der Waals surface area (Å²) in [6, 6.07) is -0.597. The highest BCUT2D eigenvalue weighted by molar-refractivity contribution is 6.69. The summed E-state index contributed by atoms with van der Waals surface area (Å²) in [6.45, 7) is 0.434. The molecule has 13 heavy (non-hydrogen) atoms. The maximum Gasteiger partial charge on any atom is 0.369 e. The number of carbonyl (C=O) groups excluding carboxylic acids is 2. The van der Waals surface area contributed by atoms with E-state index in [1.54, 1.807) is 19.0 Å². The summed E-state index contributed by atoms with van der Waals surface area (Å²) in [7, 11) is 3.41. The van der Waals surface area contributed by atoms with E-state index in [-0.39, 0.29) is 11.6 Å². The van der Waals surface area contributed by atoms with Gasteiger partial charge in [0.25, 0.3) is 5.91 Å². The first kappa shape index (κ1) is 7.90. The number of amidine groups is 1. The maximum absolute atomic E-state index is 11.4. The minimum absolute atomic E-state index is 0.154. The van der Waals surface area contributed by atoms with Crippen molar-refractivity contribution in [1.82, 2.24) is 9.80 Å². The van der Waals surface area contributed by atoms with E-state index in [2.05, 4.69) is 9.98 Å². The zero-order chi connectivity index (χ0) is 9.59. The molecular formula is C7H8N4O2. The van der Waals surface area contributed by atoms with Gasteiger partial charge in [-0.2, -0.15) is 9.98 Å². The fraction of sp³-hybridized carbons (Fsp3) is 0.429. The average molecular weight is 180 g/mol. The van der Waals surface area contributed by atoms with Crippen molar-refractivity contribution >= 4 is 23.5 Å². The maximum atomic E-state index is 11.4. The summed E-state index contributed by atoms with van der Waals surface area (Å²) in [5, 5.41) is 0. The molecule has 0 saturated carbocycles. The third kappa shape index (κ3) is 1.02. The van der Waals surface area contributed by atoms with Crippen LogP contribution in [-0.4, -0.2) is 54.0 Å². The minimum Gasteiger partial charge on any atom is -0.340 e. The van der Waals surface area contributed by atoms with Crippen molar-refractivity contribution in [3.63, 3.8) is 0 Å². The van der Waals surface area contributed by atoms with Crippen LogP contribution in [0.25, 0.3) is 0 Å². The molecule has 0 spiro atoms. The Morgan fingerprint density at radius 1 is 1.15 bits per heavy atom. The molecule has 2 aliphatic rings. The van der Waals surface area contributed by atoms with Gasteiger partial charge in [-0.05, 0) is 0 Å². The molecule has 0 atom stereocenters. The highest BCUT2D eigenvalue weighted by atomic mass is 16.2. The fourth-order valence-electron chi connectivity index (χ4n) is 1.35. The van der Waals surface area contributed by atoms with Gasteiger partial charge in [-0.1, -0.05) is 0 Å². The lowest BCUT2D eigenvalue weighted by Crippen LogP contribution is -2.53. The topological polar surface area (TPSA) is 65.3 Å². The highest BCUT2D eigenvalue weighted by Gasteiger charge is 2.35. The summed E-state index contributed by atoms with van der Waals surface area (Å²) in [5.41, 5.74) is 0.154. The summed E-state index contributed by atoms with van der Waals surface area (Å²) in [5.74, 6) is 0.135. The van der Waals surface area contributed by atoms with Gasteiger partial charge in [0.2, 0.25) is 0 Å². The Hall–Kier alpha value is -1.72. The number of hydrogen-bond donors (Lipinski definition) is 0. The Morgan fingerprint density at radius 3 is 2.54 bits per heavy atom. The van der Waals surface area contributed by atoms with Crippen molar-refractivity contribution in [2.75, 3.05) is 20.8 Å². The molecule has 0 aromatic carbocycles. The van der Waals surface area contributed by atoms with Crippen LogP contribution in [0.4, 0.5) is 4.79 Å². The molecule has 0 bridgehead atoms. The molecule has 0 radical (unpaired) electrons. The van der Waals surface area contributed by atoms with Crippen LogP contribution in [0.2, 0.25) is 0 Å². The number of urea groups is 1. The third-order valence-electron chi connectivity index (χ3n) is 1.96. The Morgan fingerprint density at radius 2 is 1.85 bits per heavy atom. The fourth-order valence-corrected chi connectivity index (χ4v) is 1.35. The smallest absolute Gasteiger partial charge is 0.340 e. The summed E-state index contributed by atoms with van der Waals surface area (Å²) in [6.07, 6.45) is 0. The highest BCUT2D eigenvalue weighted by Crippen LogP contribution is 2.10. The molecule has 3 amide bonds. The van der Waals surface area contributed by atoms with Crippen molar-refractivity contribution in [3.05, 3.63) is 0 Å². The van der Waals surface area contributed by atoms with E-state index >= 15 is 0 Å². The normalized spacial score (nSPS) is 21.7.